The minimum Gasteiger partial charge on any atom is -0.475 e. The first kappa shape index (κ1) is 23.0. The minimum atomic E-state index is -5.08. The number of nitrogens with one attached hydrogen (secondary N) is 1. The van der Waals surface area contributed by atoms with E-state index >= 15 is 0 Å². The molecule has 0 bridgehead atoms. The number of rotatable bonds is 5. The molecule has 9 nitrogen and oxygen atoms in total. The lowest BCUT2D eigenvalue weighted by atomic mass is 10.0. The highest BCUT2D eigenvalue weighted by Crippen LogP contribution is 2.34. The van der Waals surface area contributed by atoms with Crippen molar-refractivity contribution in [3.05, 3.63) is 24.3 Å². The van der Waals surface area contributed by atoms with Gasteiger partial charge in [0, 0.05) is 44.0 Å². The number of ether oxygens (including phenoxy) is 1. The molecule has 29 heavy (non-hydrogen) atoms. The normalized spacial score (nSPS) is 24.2. The number of carbonyl (C=O) groups is 2. The highest BCUT2D eigenvalue weighted by Gasteiger charge is 2.42. The Kier molecular flexibility index (Phi) is 8.29. The van der Waals surface area contributed by atoms with Gasteiger partial charge in [-0.05, 0) is 12.8 Å². The number of nitrogens with zero attached hydrogens (tertiary/aromatic N) is 3. The molecule has 0 spiro atoms. The minimum absolute atomic E-state index is 0.141. The van der Waals surface area contributed by atoms with Gasteiger partial charge in [-0.2, -0.15) is 13.2 Å². The van der Waals surface area contributed by atoms with Crippen LogP contribution in [0.5, 0.6) is 0 Å². The lowest BCUT2D eigenvalue weighted by Gasteiger charge is -2.39. The van der Waals surface area contributed by atoms with Crippen LogP contribution in [0.15, 0.2) is 18.6 Å². The topological polar surface area (TPSA) is 125 Å². The van der Waals surface area contributed by atoms with Crippen LogP contribution in [0.25, 0.3) is 0 Å². The average Bonchev–Trinajstić information content (AvgIpc) is 3.11. The molecule has 3 unspecified atom stereocenters. The largest absolute Gasteiger partial charge is 0.490 e. The summed E-state index contributed by atoms with van der Waals surface area (Å²) < 4.78 is 37.7. The number of morpholine rings is 1. The Morgan fingerprint density at radius 3 is 2.62 bits per heavy atom. The van der Waals surface area contributed by atoms with E-state index in [1.165, 1.54) is 12.4 Å². The molecule has 1 aromatic rings. The molecule has 1 aliphatic carbocycles. The van der Waals surface area contributed by atoms with E-state index in [0.717, 1.165) is 19.4 Å². The molecule has 1 aliphatic heterocycles. The van der Waals surface area contributed by atoms with Crippen LogP contribution < -0.4 is 5.32 Å². The van der Waals surface area contributed by atoms with Gasteiger partial charge in [-0.3, -0.25) is 14.7 Å². The third-order valence-corrected chi connectivity index (χ3v) is 4.79. The van der Waals surface area contributed by atoms with E-state index in [4.69, 9.17) is 19.7 Å². The fourth-order valence-electron chi connectivity index (χ4n) is 3.49. The van der Waals surface area contributed by atoms with Crippen molar-refractivity contribution in [2.45, 2.75) is 31.2 Å². The molecule has 2 heterocycles. The summed E-state index contributed by atoms with van der Waals surface area (Å²) in [5, 5.41) is 19.2. The maximum Gasteiger partial charge on any atom is 0.490 e. The molecule has 1 saturated carbocycles. The SMILES string of the molecule is O=C(NCC1CCC2C1OCCN2CCO)c1cnccn1.O=C(O)C(F)(F)F. The summed E-state index contributed by atoms with van der Waals surface area (Å²) >= 11 is 0. The number of aliphatic hydroxyl groups excluding tert-OH is 1. The average molecular weight is 420 g/mol. The number of halogens is 3. The summed E-state index contributed by atoms with van der Waals surface area (Å²) in [4.78, 5) is 31.1. The molecule has 3 atom stereocenters. The third-order valence-electron chi connectivity index (χ3n) is 4.79. The number of carboxylic acid groups (broad SMARTS) is 1. The van der Waals surface area contributed by atoms with E-state index < -0.39 is 12.1 Å². The maximum atomic E-state index is 12.0. The second-order valence-electron chi connectivity index (χ2n) is 6.60. The van der Waals surface area contributed by atoms with Crippen LogP contribution in [-0.4, -0.2) is 88.1 Å². The second-order valence-corrected chi connectivity index (χ2v) is 6.60. The van der Waals surface area contributed by atoms with Gasteiger partial charge in [0.25, 0.3) is 5.91 Å². The first-order chi connectivity index (χ1) is 13.7. The molecule has 2 fully saturated rings. The molecule has 0 radical (unpaired) electrons. The summed E-state index contributed by atoms with van der Waals surface area (Å²) in [5.41, 5.74) is 0.337. The van der Waals surface area contributed by atoms with Gasteiger partial charge < -0.3 is 20.3 Å². The number of fused-ring (bicyclic) bond motifs is 1. The number of carboxylic acids is 1. The van der Waals surface area contributed by atoms with Crippen LogP contribution >= 0.6 is 0 Å². The molecule has 162 valence electrons. The van der Waals surface area contributed by atoms with Crippen molar-refractivity contribution in [1.29, 1.82) is 0 Å². The van der Waals surface area contributed by atoms with E-state index in [-0.39, 0.29) is 18.6 Å². The smallest absolute Gasteiger partial charge is 0.475 e. The second kappa shape index (κ2) is 10.5. The van der Waals surface area contributed by atoms with Crippen molar-refractivity contribution in [3.63, 3.8) is 0 Å². The number of aliphatic carboxylic acids is 1. The Labute approximate surface area is 164 Å². The van der Waals surface area contributed by atoms with Crippen LogP contribution in [0.3, 0.4) is 0 Å². The summed E-state index contributed by atoms with van der Waals surface area (Å²) in [7, 11) is 0. The fraction of sp³-hybridized carbons (Fsp3) is 0.647. The first-order valence-electron chi connectivity index (χ1n) is 9.05. The number of aromatic nitrogens is 2. The molecule has 2 aliphatic rings. The molecule has 3 rings (SSSR count). The standard InChI is InChI=1S/C15H22N4O3.C2HF3O2/c20-7-5-19-6-8-22-14-11(1-2-13(14)19)9-18-15(21)12-10-16-3-4-17-12;3-2(4,5)1(6)7/h3-4,10-11,13-14,20H,1-2,5-9H2,(H,18,21);(H,6,7). The number of carbonyl (C=O) groups excluding carboxylic acids is 1. The highest BCUT2D eigenvalue weighted by atomic mass is 19.4. The molecular weight excluding hydrogens is 397 g/mol. The van der Waals surface area contributed by atoms with Gasteiger partial charge >= 0.3 is 12.1 Å². The zero-order valence-corrected chi connectivity index (χ0v) is 15.5. The summed E-state index contributed by atoms with van der Waals surface area (Å²) in [5.74, 6) is -2.64. The van der Waals surface area contributed by atoms with Crippen molar-refractivity contribution >= 4 is 11.9 Å². The van der Waals surface area contributed by atoms with Crippen LogP contribution in [0, 0.1) is 5.92 Å². The van der Waals surface area contributed by atoms with Crippen molar-refractivity contribution < 1.29 is 37.7 Å². The van der Waals surface area contributed by atoms with E-state index in [2.05, 4.69) is 20.2 Å². The van der Waals surface area contributed by atoms with Gasteiger partial charge in [-0.15, -0.1) is 0 Å². The van der Waals surface area contributed by atoms with Crippen LogP contribution in [0.1, 0.15) is 23.3 Å². The summed E-state index contributed by atoms with van der Waals surface area (Å²) in [6.45, 7) is 3.03. The molecular formula is C17H23F3N4O5. The lowest BCUT2D eigenvalue weighted by molar-refractivity contribution is -0.192. The first-order valence-corrected chi connectivity index (χ1v) is 9.05. The monoisotopic (exact) mass is 420 g/mol. The quantitative estimate of drug-likeness (QED) is 0.622. The van der Waals surface area contributed by atoms with Gasteiger partial charge in [-0.1, -0.05) is 0 Å². The van der Waals surface area contributed by atoms with E-state index in [1.807, 2.05) is 0 Å². The Morgan fingerprint density at radius 2 is 2.03 bits per heavy atom. The van der Waals surface area contributed by atoms with Crippen LogP contribution in [-0.2, 0) is 9.53 Å². The van der Waals surface area contributed by atoms with E-state index in [0.29, 0.717) is 37.4 Å². The van der Waals surface area contributed by atoms with Gasteiger partial charge in [-0.25, -0.2) is 9.78 Å². The predicted octanol–water partition coefficient (Wildman–Crippen LogP) is 0.311. The molecule has 12 heteroatoms. The number of β-amino-alcohol motifs (C(OH)–C–C–N with tert-alkyl or cyclic N) is 1. The molecule has 1 amide bonds. The van der Waals surface area contributed by atoms with Gasteiger partial charge in [0.05, 0.1) is 25.5 Å². The zero-order chi connectivity index (χ0) is 21.4. The zero-order valence-electron chi connectivity index (χ0n) is 15.5. The number of hydrogen-bond donors (Lipinski definition) is 3. The van der Waals surface area contributed by atoms with Gasteiger partial charge in [0.15, 0.2) is 0 Å². The van der Waals surface area contributed by atoms with Crippen molar-refractivity contribution in [2.24, 2.45) is 5.92 Å². The van der Waals surface area contributed by atoms with Crippen molar-refractivity contribution in [3.8, 4) is 0 Å². The molecule has 3 N–H and O–H groups in total. The van der Waals surface area contributed by atoms with Gasteiger partial charge in [0.2, 0.25) is 0 Å². The van der Waals surface area contributed by atoms with Crippen molar-refractivity contribution in [2.75, 3.05) is 32.8 Å². The fourth-order valence-corrected chi connectivity index (χ4v) is 3.49. The van der Waals surface area contributed by atoms with Crippen molar-refractivity contribution in [1.82, 2.24) is 20.2 Å². The molecule has 1 aromatic heterocycles. The Balaban J connectivity index is 0.000000370. The Hall–Kier alpha value is -2.31. The third kappa shape index (κ3) is 6.61. The van der Waals surface area contributed by atoms with Gasteiger partial charge in [0.1, 0.15) is 5.69 Å². The van der Waals surface area contributed by atoms with E-state index in [1.54, 1.807) is 6.20 Å². The maximum absolute atomic E-state index is 12.0. The Bertz CT molecular complexity index is 675. The lowest BCUT2D eigenvalue weighted by Crippen LogP contribution is -2.52. The van der Waals surface area contributed by atoms with Crippen LogP contribution in [0.4, 0.5) is 13.2 Å². The predicted molar refractivity (Wildman–Crippen MR) is 93.0 cm³/mol. The van der Waals surface area contributed by atoms with E-state index in [9.17, 15) is 18.0 Å². The highest BCUT2D eigenvalue weighted by molar-refractivity contribution is 5.91. The molecule has 1 saturated heterocycles. The number of alkyl halides is 3. The van der Waals surface area contributed by atoms with Crippen LogP contribution in [0.2, 0.25) is 0 Å². The number of hydrogen-bond acceptors (Lipinski definition) is 7. The Morgan fingerprint density at radius 1 is 1.31 bits per heavy atom. The number of aliphatic hydroxyl groups is 1. The molecule has 0 aromatic carbocycles. The summed E-state index contributed by atoms with van der Waals surface area (Å²) in [6.07, 6.45) is 1.66. The summed E-state index contributed by atoms with van der Waals surface area (Å²) in [6, 6.07) is 0.360. The number of amides is 1.